The predicted octanol–water partition coefficient (Wildman–Crippen LogP) is 5.11. The fraction of sp³-hybridized carbons (Fsp3) is 0.318. The van der Waals surface area contributed by atoms with Crippen molar-refractivity contribution in [3.8, 4) is 0 Å². The van der Waals surface area contributed by atoms with Crippen LogP contribution in [0, 0.1) is 12.7 Å². The van der Waals surface area contributed by atoms with Gasteiger partial charge in [-0.05, 0) is 42.5 Å². The summed E-state index contributed by atoms with van der Waals surface area (Å²) in [6.07, 6.45) is 1.66. The molecule has 29 heavy (non-hydrogen) atoms. The van der Waals surface area contributed by atoms with Crippen molar-refractivity contribution in [1.82, 2.24) is 4.31 Å². The van der Waals surface area contributed by atoms with Gasteiger partial charge in [0.2, 0.25) is 15.1 Å². The van der Waals surface area contributed by atoms with E-state index in [-0.39, 0.29) is 16.6 Å². The summed E-state index contributed by atoms with van der Waals surface area (Å²) in [5.74, 6) is 0.182. The van der Waals surface area contributed by atoms with Gasteiger partial charge in [0.25, 0.3) is 0 Å². The lowest BCUT2D eigenvalue weighted by Gasteiger charge is -2.26. The summed E-state index contributed by atoms with van der Waals surface area (Å²) in [6, 6.07) is 11.5. The van der Waals surface area contributed by atoms with Gasteiger partial charge >= 0.3 is 0 Å². The van der Waals surface area contributed by atoms with E-state index < -0.39 is 21.9 Å². The Morgan fingerprint density at radius 3 is 2.24 bits per heavy atom. The van der Waals surface area contributed by atoms with Gasteiger partial charge in [-0.1, -0.05) is 68.4 Å². The van der Waals surface area contributed by atoms with Crippen LogP contribution in [0.5, 0.6) is 0 Å². The number of carbonyl (C=O) groups is 1. The van der Waals surface area contributed by atoms with Crippen LogP contribution in [-0.2, 0) is 14.8 Å². The number of nitrogens with zero attached hydrogens (tertiary/aromatic N) is 1. The molecule has 3 rings (SSSR count). The molecule has 0 fully saturated rings. The molecule has 0 spiro atoms. The summed E-state index contributed by atoms with van der Waals surface area (Å²) in [6.45, 7) is 7.85. The molecule has 0 aliphatic carbocycles. The van der Waals surface area contributed by atoms with Crippen LogP contribution in [0.1, 0.15) is 37.9 Å². The number of rotatable bonds is 5. The first kappa shape index (κ1) is 23.3. The summed E-state index contributed by atoms with van der Waals surface area (Å²) >= 11 is 1.14. The third kappa shape index (κ3) is 5.15. The first-order valence-electron chi connectivity index (χ1n) is 9.55. The van der Waals surface area contributed by atoms with E-state index >= 15 is 0 Å². The fourth-order valence-electron chi connectivity index (χ4n) is 3.04. The van der Waals surface area contributed by atoms with Gasteiger partial charge in [-0.3, -0.25) is 4.79 Å². The largest absolute Gasteiger partial charge is 0.282 e. The molecular weight excluding hydrogens is 409 g/mol. The Balaban J connectivity index is 0.00000145. The predicted molar refractivity (Wildman–Crippen MR) is 117 cm³/mol. The van der Waals surface area contributed by atoms with Crippen LogP contribution in [-0.4, -0.2) is 30.1 Å². The second-order valence-electron chi connectivity index (χ2n) is 6.22. The quantitative estimate of drug-likeness (QED) is 0.655. The number of benzene rings is 2. The number of aryl methyl sites for hydroxylation is 1. The molecule has 0 aromatic heterocycles. The average molecular weight is 436 g/mol. The lowest BCUT2D eigenvalue weighted by atomic mass is 10.0. The lowest BCUT2D eigenvalue weighted by Crippen LogP contribution is -2.33. The summed E-state index contributed by atoms with van der Waals surface area (Å²) in [5, 5.41) is -0.159. The molecule has 1 aliphatic heterocycles. The molecular formula is C22H26FNO3S2. The van der Waals surface area contributed by atoms with Gasteiger partial charge in [-0.2, -0.15) is 4.31 Å². The highest BCUT2D eigenvalue weighted by Crippen LogP contribution is 2.39. The highest BCUT2D eigenvalue weighted by molar-refractivity contribution is 8.14. The third-order valence-electron chi connectivity index (χ3n) is 4.40. The zero-order chi connectivity index (χ0) is 21.6. The number of halogens is 1. The van der Waals surface area contributed by atoms with Crippen molar-refractivity contribution in [2.75, 3.05) is 12.3 Å². The van der Waals surface area contributed by atoms with E-state index in [1.807, 2.05) is 27.7 Å². The minimum absolute atomic E-state index is 0.101. The van der Waals surface area contributed by atoms with Crippen molar-refractivity contribution >= 4 is 26.9 Å². The lowest BCUT2D eigenvalue weighted by molar-refractivity contribution is -0.108. The topological polar surface area (TPSA) is 54.5 Å². The maximum Gasteiger partial charge on any atom is 0.244 e. The molecule has 1 atom stereocenters. The second kappa shape index (κ2) is 10.2. The Labute approximate surface area is 176 Å². The number of carbonyl (C=O) groups excluding carboxylic acids is 1. The van der Waals surface area contributed by atoms with Crippen LogP contribution < -0.4 is 0 Å². The Morgan fingerprint density at radius 2 is 1.69 bits per heavy atom. The second-order valence-corrected chi connectivity index (χ2v) is 9.35. The standard InChI is InChI=1S/C20H20FNO3S2.C2H6/c1-3-26-20(23)18-12-13-22(19(18)15-6-8-16(21)9-7-15)27(24,25)17-10-4-14(2)5-11-17;1-2/h4-12,19H,3,13H2,1-2H3;1-2H3/t19-;/m0./s1. The van der Waals surface area contributed by atoms with Crippen molar-refractivity contribution in [2.45, 2.75) is 38.6 Å². The monoisotopic (exact) mass is 435 g/mol. The molecule has 156 valence electrons. The smallest absolute Gasteiger partial charge is 0.244 e. The zero-order valence-corrected chi connectivity index (χ0v) is 18.7. The van der Waals surface area contributed by atoms with Gasteiger partial charge < -0.3 is 0 Å². The summed E-state index contributed by atoms with van der Waals surface area (Å²) in [5.41, 5.74) is 1.95. The number of sulfonamides is 1. The van der Waals surface area contributed by atoms with Crippen molar-refractivity contribution in [1.29, 1.82) is 0 Å². The molecule has 0 saturated heterocycles. The van der Waals surface area contributed by atoms with Gasteiger partial charge in [0.15, 0.2) is 0 Å². The number of hydrogen-bond acceptors (Lipinski definition) is 4. The van der Waals surface area contributed by atoms with Gasteiger partial charge in [-0.15, -0.1) is 0 Å². The highest BCUT2D eigenvalue weighted by atomic mass is 32.2. The van der Waals surface area contributed by atoms with E-state index in [1.165, 1.54) is 28.6 Å². The highest BCUT2D eigenvalue weighted by Gasteiger charge is 2.40. The van der Waals surface area contributed by atoms with E-state index in [0.717, 1.165) is 17.3 Å². The van der Waals surface area contributed by atoms with Gasteiger partial charge in [0, 0.05) is 12.1 Å². The van der Waals surface area contributed by atoms with E-state index in [1.54, 1.807) is 30.3 Å². The Kier molecular flexibility index (Phi) is 8.19. The van der Waals surface area contributed by atoms with Crippen LogP contribution in [0.15, 0.2) is 65.1 Å². The summed E-state index contributed by atoms with van der Waals surface area (Å²) < 4.78 is 41.1. The molecule has 0 unspecified atom stereocenters. The first-order valence-corrected chi connectivity index (χ1v) is 12.0. The van der Waals surface area contributed by atoms with E-state index in [4.69, 9.17) is 0 Å². The number of hydrogen-bond donors (Lipinski definition) is 0. The molecule has 0 saturated carbocycles. The van der Waals surface area contributed by atoms with Gasteiger partial charge in [-0.25, -0.2) is 12.8 Å². The van der Waals surface area contributed by atoms with Crippen molar-refractivity contribution < 1.29 is 17.6 Å². The fourth-order valence-corrected chi connectivity index (χ4v) is 5.20. The molecule has 2 aromatic rings. The molecule has 1 aliphatic rings. The minimum Gasteiger partial charge on any atom is -0.282 e. The van der Waals surface area contributed by atoms with Gasteiger partial charge in [0.1, 0.15) is 5.82 Å². The SMILES string of the molecule is CC.CCSC(=O)C1=CCN(S(=O)(=O)c2ccc(C)cc2)[C@H]1c1ccc(F)cc1. The van der Waals surface area contributed by atoms with Crippen molar-refractivity contribution in [3.05, 3.63) is 77.1 Å². The van der Waals surface area contributed by atoms with Crippen LogP contribution in [0.4, 0.5) is 4.39 Å². The zero-order valence-electron chi connectivity index (χ0n) is 17.1. The average Bonchev–Trinajstić information content (AvgIpc) is 3.17. The summed E-state index contributed by atoms with van der Waals surface area (Å²) in [4.78, 5) is 12.7. The molecule has 0 bridgehead atoms. The Morgan fingerprint density at radius 1 is 1.10 bits per heavy atom. The molecule has 7 heteroatoms. The van der Waals surface area contributed by atoms with Crippen LogP contribution in [0.2, 0.25) is 0 Å². The van der Waals surface area contributed by atoms with E-state index in [2.05, 4.69) is 0 Å². The number of thioether (sulfide) groups is 1. The normalized spacial score (nSPS) is 16.7. The molecule has 1 heterocycles. The minimum atomic E-state index is -3.82. The maximum absolute atomic E-state index is 13.4. The van der Waals surface area contributed by atoms with Crippen molar-refractivity contribution in [2.24, 2.45) is 0 Å². The summed E-state index contributed by atoms with van der Waals surface area (Å²) in [7, 11) is -3.82. The maximum atomic E-state index is 13.4. The van der Waals surface area contributed by atoms with E-state index in [9.17, 15) is 17.6 Å². The molecule has 4 nitrogen and oxygen atoms in total. The van der Waals surface area contributed by atoms with Crippen LogP contribution in [0.25, 0.3) is 0 Å². The van der Waals surface area contributed by atoms with Crippen LogP contribution in [0.3, 0.4) is 0 Å². The van der Waals surface area contributed by atoms with Gasteiger partial charge in [0.05, 0.1) is 10.9 Å². The molecule has 0 N–H and O–H groups in total. The van der Waals surface area contributed by atoms with Crippen LogP contribution >= 0.6 is 11.8 Å². The first-order chi connectivity index (χ1) is 13.8. The Hall–Kier alpha value is -1.96. The molecule has 0 radical (unpaired) electrons. The third-order valence-corrected chi connectivity index (χ3v) is 7.03. The van der Waals surface area contributed by atoms with E-state index in [0.29, 0.717) is 16.9 Å². The molecule has 0 amide bonds. The Bertz CT molecular complexity index is 968. The van der Waals surface area contributed by atoms with Crippen molar-refractivity contribution in [3.63, 3.8) is 0 Å². The molecule has 2 aromatic carbocycles.